The fourth-order valence-electron chi connectivity index (χ4n) is 2.43. The van der Waals surface area contributed by atoms with Crippen LogP contribution in [-0.4, -0.2) is 25.3 Å². The lowest BCUT2D eigenvalue weighted by molar-refractivity contribution is 0.818. The molecule has 2 N–H and O–H groups in total. The molecule has 3 aromatic rings. The van der Waals surface area contributed by atoms with Crippen molar-refractivity contribution < 1.29 is 0 Å². The van der Waals surface area contributed by atoms with Gasteiger partial charge in [-0.1, -0.05) is 41.4 Å². The Labute approximate surface area is 163 Å². The van der Waals surface area contributed by atoms with Gasteiger partial charge in [-0.2, -0.15) is 10.1 Å². The molecule has 0 saturated heterocycles. The molecule has 8 nitrogen and oxygen atoms in total. The van der Waals surface area contributed by atoms with Crippen molar-refractivity contribution in [3.63, 3.8) is 0 Å². The first kappa shape index (κ1) is 18.9. The summed E-state index contributed by atoms with van der Waals surface area (Å²) in [5.74, 6) is 0.302. The summed E-state index contributed by atoms with van der Waals surface area (Å²) in [7, 11) is 1.53. The summed E-state index contributed by atoms with van der Waals surface area (Å²) >= 11 is 11.8. The number of imidazole rings is 1. The van der Waals surface area contributed by atoms with Gasteiger partial charge in [0.1, 0.15) is 0 Å². The van der Waals surface area contributed by atoms with Crippen LogP contribution in [0.3, 0.4) is 0 Å². The fraction of sp³-hybridized carbons (Fsp3) is 0.176. The van der Waals surface area contributed by atoms with E-state index in [1.165, 1.54) is 11.6 Å². The van der Waals surface area contributed by atoms with Crippen LogP contribution in [0, 0.1) is 0 Å². The second-order valence-electron chi connectivity index (χ2n) is 5.75. The molecule has 3 rings (SSSR count). The molecule has 2 aromatic heterocycles. The van der Waals surface area contributed by atoms with Crippen molar-refractivity contribution in [2.24, 2.45) is 12.1 Å². The number of hydrogen-bond donors (Lipinski definition) is 2. The summed E-state index contributed by atoms with van der Waals surface area (Å²) in [6.07, 6.45) is 3.31. The van der Waals surface area contributed by atoms with Crippen LogP contribution in [0.25, 0.3) is 11.2 Å². The molecule has 0 aliphatic heterocycles. The Kier molecular flexibility index (Phi) is 5.48. The van der Waals surface area contributed by atoms with Crippen molar-refractivity contribution in [1.29, 1.82) is 0 Å². The van der Waals surface area contributed by atoms with Crippen LogP contribution < -0.4 is 16.7 Å². The number of anilines is 1. The smallest absolute Gasteiger partial charge is 0.299 e. The molecule has 0 saturated carbocycles. The Morgan fingerprint density at radius 3 is 2.70 bits per heavy atom. The average molecular weight is 407 g/mol. The van der Waals surface area contributed by atoms with Crippen molar-refractivity contribution >= 4 is 46.5 Å². The van der Waals surface area contributed by atoms with Crippen LogP contribution in [0.4, 0.5) is 5.95 Å². The molecular weight excluding hydrogens is 391 g/mol. The van der Waals surface area contributed by atoms with Crippen LogP contribution >= 0.6 is 23.2 Å². The van der Waals surface area contributed by atoms with E-state index in [4.69, 9.17) is 23.2 Å². The number of hydrazone groups is 1. The van der Waals surface area contributed by atoms with E-state index in [2.05, 4.69) is 20.5 Å². The Bertz CT molecular complexity index is 1150. The first-order valence-electron chi connectivity index (χ1n) is 7.93. The Hall–Kier alpha value is -2.84. The second kappa shape index (κ2) is 7.81. The average Bonchev–Trinajstić information content (AvgIpc) is 2.99. The van der Waals surface area contributed by atoms with Crippen LogP contribution in [0.15, 0.2) is 50.1 Å². The van der Waals surface area contributed by atoms with Crippen molar-refractivity contribution in [2.45, 2.75) is 13.5 Å². The Morgan fingerprint density at radius 2 is 2.04 bits per heavy atom. The molecule has 0 aliphatic carbocycles. The third kappa shape index (κ3) is 4.12. The largest absolute Gasteiger partial charge is 0.329 e. The molecule has 2 heterocycles. The number of hydrogen-bond acceptors (Lipinski definition) is 5. The van der Waals surface area contributed by atoms with Crippen LogP contribution in [0.1, 0.15) is 12.5 Å². The minimum absolute atomic E-state index is 0.244. The number of aromatic nitrogens is 4. The van der Waals surface area contributed by atoms with Crippen molar-refractivity contribution in [2.75, 3.05) is 5.43 Å². The third-order valence-corrected chi connectivity index (χ3v) is 4.22. The van der Waals surface area contributed by atoms with E-state index in [0.29, 0.717) is 16.0 Å². The van der Waals surface area contributed by atoms with Crippen molar-refractivity contribution in [1.82, 2.24) is 19.1 Å². The van der Waals surface area contributed by atoms with Gasteiger partial charge in [-0.25, -0.2) is 10.2 Å². The van der Waals surface area contributed by atoms with Gasteiger partial charge in [-0.05, 0) is 24.6 Å². The lowest BCUT2D eigenvalue weighted by atomic mass is 10.2. The molecule has 0 bridgehead atoms. The van der Waals surface area contributed by atoms with Gasteiger partial charge in [0.25, 0.3) is 5.56 Å². The van der Waals surface area contributed by atoms with Gasteiger partial charge in [0.05, 0.1) is 6.21 Å². The van der Waals surface area contributed by atoms with Crippen molar-refractivity contribution in [3.05, 3.63) is 66.8 Å². The topological polar surface area (TPSA) is 97.1 Å². The highest BCUT2D eigenvalue weighted by molar-refractivity contribution is 6.30. The SMILES string of the molecule is C/C(Cl)=C/Cn1c(N/N=C\c2ccc(Cl)cc2)nc2c1c(=O)[nH]c(=O)n2C. The van der Waals surface area contributed by atoms with Gasteiger partial charge < -0.3 is 0 Å². The molecule has 0 aliphatic rings. The standard InChI is InChI=1S/C17H16Cl2N6O2/c1-10(18)7-8-25-13-14(24(2)17(27)22-15(13)26)21-16(25)23-20-9-11-3-5-12(19)6-4-11/h3-7,9H,8H2,1-2H3,(H,21,23)(H,22,26,27)/b10-7-,20-9-. The number of allylic oxidation sites excluding steroid dienone is 2. The lowest BCUT2D eigenvalue weighted by Gasteiger charge is -2.05. The minimum atomic E-state index is -0.544. The zero-order valence-corrected chi connectivity index (χ0v) is 16.0. The quantitative estimate of drug-likeness (QED) is 0.502. The normalized spacial score (nSPS) is 12.2. The summed E-state index contributed by atoms with van der Waals surface area (Å²) in [6, 6.07) is 7.12. The highest BCUT2D eigenvalue weighted by Gasteiger charge is 2.16. The minimum Gasteiger partial charge on any atom is -0.299 e. The van der Waals surface area contributed by atoms with E-state index in [9.17, 15) is 9.59 Å². The van der Waals surface area contributed by atoms with E-state index in [0.717, 1.165) is 5.56 Å². The van der Waals surface area contributed by atoms with Gasteiger partial charge >= 0.3 is 5.69 Å². The number of fused-ring (bicyclic) bond motifs is 1. The Balaban J connectivity index is 2.04. The van der Waals surface area contributed by atoms with Gasteiger partial charge in [-0.15, -0.1) is 0 Å². The van der Waals surface area contributed by atoms with Gasteiger partial charge in [-0.3, -0.25) is 18.9 Å². The summed E-state index contributed by atoms with van der Waals surface area (Å²) in [4.78, 5) is 30.7. The maximum atomic E-state index is 12.3. The number of nitrogens with zero attached hydrogens (tertiary/aromatic N) is 4. The number of nitrogens with one attached hydrogen (secondary N) is 2. The molecule has 10 heteroatoms. The highest BCUT2D eigenvalue weighted by Crippen LogP contribution is 2.16. The molecule has 0 unspecified atom stereocenters. The maximum absolute atomic E-state index is 12.3. The predicted octanol–water partition coefficient (Wildman–Crippen LogP) is 2.67. The molecule has 140 valence electrons. The monoisotopic (exact) mass is 406 g/mol. The molecule has 1 aromatic carbocycles. The van der Waals surface area contributed by atoms with Gasteiger partial charge in [0.15, 0.2) is 11.2 Å². The lowest BCUT2D eigenvalue weighted by Crippen LogP contribution is -2.29. The molecule has 0 spiro atoms. The van der Waals surface area contributed by atoms with Crippen LogP contribution in [0.5, 0.6) is 0 Å². The zero-order valence-electron chi connectivity index (χ0n) is 14.5. The van der Waals surface area contributed by atoms with E-state index >= 15 is 0 Å². The molecule has 0 amide bonds. The predicted molar refractivity (Wildman–Crippen MR) is 108 cm³/mol. The summed E-state index contributed by atoms with van der Waals surface area (Å²) in [6.45, 7) is 2.01. The molecule has 27 heavy (non-hydrogen) atoms. The highest BCUT2D eigenvalue weighted by atomic mass is 35.5. The number of H-pyrrole nitrogens is 1. The van der Waals surface area contributed by atoms with E-state index < -0.39 is 11.2 Å². The zero-order chi connectivity index (χ0) is 19.6. The van der Waals surface area contributed by atoms with Crippen LogP contribution in [0.2, 0.25) is 5.02 Å². The number of halogens is 2. The summed E-state index contributed by atoms with van der Waals surface area (Å²) in [5, 5.41) is 5.35. The Morgan fingerprint density at radius 1 is 1.33 bits per heavy atom. The number of aryl methyl sites for hydroxylation is 1. The first-order chi connectivity index (χ1) is 12.9. The van der Waals surface area contributed by atoms with E-state index in [1.807, 2.05) is 12.1 Å². The maximum Gasteiger partial charge on any atom is 0.329 e. The first-order valence-corrected chi connectivity index (χ1v) is 8.69. The molecular formula is C17H16Cl2N6O2. The fourth-order valence-corrected chi connectivity index (χ4v) is 2.62. The number of benzene rings is 1. The molecule has 0 fully saturated rings. The van der Waals surface area contributed by atoms with Gasteiger partial charge in [0, 0.05) is 23.6 Å². The summed E-state index contributed by atoms with van der Waals surface area (Å²) in [5.41, 5.74) is 3.06. The van der Waals surface area contributed by atoms with E-state index in [1.54, 1.807) is 35.9 Å². The third-order valence-electron chi connectivity index (χ3n) is 3.81. The van der Waals surface area contributed by atoms with Gasteiger partial charge in [0.2, 0.25) is 5.95 Å². The molecule has 0 atom stereocenters. The number of aromatic amines is 1. The van der Waals surface area contributed by atoms with E-state index in [-0.39, 0.29) is 17.7 Å². The van der Waals surface area contributed by atoms with Crippen LogP contribution in [-0.2, 0) is 13.6 Å². The number of rotatable bonds is 5. The van der Waals surface area contributed by atoms with Crippen molar-refractivity contribution in [3.8, 4) is 0 Å². The molecule has 0 radical (unpaired) electrons. The second-order valence-corrected chi connectivity index (χ2v) is 6.78. The summed E-state index contributed by atoms with van der Waals surface area (Å²) < 4.78 is 2.86.